The van der Waals surface area contributed by atoms with Gasteiger partial charge in [-0.15, -0.1) is 0 Å². The van der Waals surface area contributed by atoms with E-state index in [1.165, 1.54) is 12.1 Å². The lowest BCUT2D eigenvalue weighted by Gasteiger charge is -2.30. The molecule has 0 saturated carbocycles. The predicted molar refractivity (Wildman–Crippen MR) is 91.1 cm³/mol. The zero-order valence-corrected chi connectivity index (χ0v) is 15.3. The lowest BCUT2D eigenvalue weighted by molar-refractivity contribution is -0.375. The third-order valence-electron chi connectivity index (χ3n) is 3.90. The maximum Gasteiger partial charge on any atom is 0.431 e. The molecule has 0 bridgehead atoms. The molecule has 28 heavy (non-hydrogen) atoms. The number of nitrogens with zero attached hydrogens (tertiary/aromatic N) is 2. The lowest BCUT2D eigenvalue weighted by Crippen LogP contribution is -2.53. The number of alkyl halides is 6. The molecule has 0 aliphatic heterocycles. The molecule has 0 radical (unpaired) electrons. The first-order valence-corrected chi connectivity index (χ1v) is 8.94. The zero-order chi connectivity index (χ0) is 21.2. The molecule has 1 heterocycles. The second-order valence-corrected chi connectivity index (χ2v) is 6.90. The summed E-state index contributed by atoms with van der Waals surface area (Å²) in [6.07, 6.45) is -10.6. The minimum absolute atomic E-state index is 0.0209. The Balaban J connectivity index is 2.48. The fraction of sp³-hybridized carbons (Fsp3) is 0.412. The van der Waals surface area contributed by atoms with Crippen LogP contribution >= 0.6 is 11.3 Å². The number of carbonyl (C=O) groups excluding carboxylic acids is 1. The fourth-order valence-electron chi connectivity index (χ4n) is 2.33. The summed E-state index contributed by atoms with van der Waals surface area (Å²) >= 11 is -0.0209. The highest BCUT2D eigenvalue weighted by Crippen LogP contribution is 2.52. The summed E-state index contributed by atoms with van der Waals surface area (Å²) in [5, 5.41) is 9.14. The Morgan fingerprint density at radius 3 is 2.18 bits per heavy atom. The summed E-state index contributed by atoms with van der Waals surface area (Å²) in [7, 11) is 0. The van der Waals surface area contributed by atoms with Crippen LogP contribution in [0.4, 0.5) is 31.5 Å². The Hall–Kier alpha value is -2.14. The van der Waals surface area contributed by atoms with Crippen molar-refractivity contribution < 1.29 is 36.2 Å². The van der Waals surface area contributed by atoms with E-state index < -0.39 is 28.7 Å². The van der Waals surface area contributed by atoms with E-state index >= 15 is 0 Å². The second-order valence-electron chi connectivity index (χ2n) is 5.89. The molecule has 0 atom stereocenters. The molecular formula is C17H16F6N2O2S. The summed E-state index contributed by atoms with van der Waals surface area (Å²) in [5.41, 5.74) is -4.86. The number of amides is 1. The van der Waals surface area contributed by atoms with E-state index in [0.29, 0.717) is 19.0 Å². The first kappa shape index (κ1) is 22.2. The molecule has 154 valence electrons. The van der Waals surface area contributed by atoms with Gasteiger partial charge in [-0.25, -0.2) is 4.98 Å². The largest absolute Gasteiger partial charge is 0.431 e. The van der Waals surface area contributed by atoms with Crippen molar-refractivity contribution in [1.82, 2.24) is 4.98 Å². The van der Waals surface area contributed by atoms with Crippen molar-refractivity contribution in [3.05, 3.63) is 47.0 Å². The molecule has 0 aliphatic rings. The fourth-order valence-corrected chi connectivity index (χ4v) is 3.40. The number of rotatable bonds is 6. The third kappa shape index (κ3) is 4.14. The van der Waals surface area contributed by atoms with Crippen molar-refractivity contribution in [3.8, 4) is 0 Å². The van der Waals surface area contributed by atoms with Gasteiger partial charge in [0.2, 0.25) is 0 Å². The highest BCUT2D eigenvalue weighted by atomic mass is 32.1. The Kier molecular flexibility index (Phi) is 6.39. The van der Waals surface area contributed by atoms with E-state index in [1.54, 1.807) is 18.2 Å². The van der Waals surface area contributed by atoms with E-state index in [9.17, 15) is 36.2 Å². The van der Waals surface area contributed by atoms with Gasteiger partial charge in [0.05, 0.1) is 4.88 Å². The molecular weight excluding hydrogens is 410 g/mol. The van der Waals surface area contributed by atoms with Crippen molar-refractivity contribution in [2.45, 2.75) is 37.7 Å². The second kappa shape index (κ2) is 8.08. The van der Waals surface area contributed by atoms with Crippen molar-refractivity contribution in [2.24, 2.45) is 0 Å². The summed E-state index contributed by atoms with van der Waals surface area (Å²) in [5.74, 6) is -0.613. The molecule has 0 fully saturated rings. The van der Waals surface area contributed by atoms with Crippen molar-refractivity contribution in [1.29, 1.82) is 0 Å². The van der Waals surface area contributed by atoms with Gasteiger partial charge in [0.15, 0.2) is 5.13 Å². The van der Waals surface area contributed by atoms with Crippen LogP contribution in [0, 0.1) is 0 Å². The molecule has 4 nitrogen and oxygen atoms in total. The van der Waals surface area contributed by atoms with Crippen LogP contribution in [0.25, 0.3) is 0 Å². The van der Waals surface area contributed by atoms with E-state index in [-0.39, 0.29) is 28.6 Å². The Labute approximate surface area is 160 Å². The van der Waals surface area contributed by atoms with Crippen molar-refractivity contribution >= 4 is 22.4 Å². The van der Waals surface area contributed by atoms with E-state index in [2.05, 4.69) is 4.98 Å². The number of halogens is 6. The number of hydrogen-bond acceptors (Lipinski definition) is 4. The molecule has 2 rings (SSSR count). The minimum Gasteiger partial charge on any atom is -0.369 e. The van der Waals surface area contributed by atoms with Gasteiger partial charge in [-0.1, -0.05) is 42.9 Å². The van der Waals surface area contributed by atoms with Crippen LogP contribution in [0.5, 0.6) is 0 Å². The molecule has 1 amide bonds. The molecule has 1 aromatic heterocycles. The first-order valence-electron chi connectivity index (χ1n) is 8.12. The Morgan fingerprint density at radius 1 is 1.11 bits per heavy atom. The number of benzene rings is 1. The SMILES string of the molecule is CCCCN(C(=O)c1ccccc1)c1ncc(C(O)(C(F)(F)F)C(F)(F)F)s1. The van der Waals surface area contributed by atoms with Crippen LogP contribution in [0.15, 0.2) is 36.5 Å². The standard InChI is InChI=1S/C17H16F6N2O2S/c1-2-3-9-25(13(26)11-7-5-4-6-8-11)14-24-10-12(28-14)15(27,16(18,19)20)17(21,22)23/h4-8,10,27H,2-3,9H2,1H3. The topological polar surface area (TPSA) is 53.4 Å². The molecule has 0 aliphatic carbocycles. The zero-order valence-electron chi connectivity index (χ0n) is 14.5. The molecule has 2 aromatic rings. The molecule has 1 aromatic carbocycles. The smallest absolute Gasteiger partial charge is 0.369 e. The first-order chi connectivity index (χ1) is 12.9. The number of hydrogen-bond donors (Lipinski definition) is 1. The maximum atomic E-state index is 13.1. The number of aliphatic hydroxyl groups is 1. The number of thiazole rings is 1. The van der Waals surface area contributed by atoms with Gasteiger partial charge in [0.25, 0.3) is 11.5 Å². The van der Waals surface area contributed by atoms with Gasteiger partial charge in [0, 0.05) is 18.3 Å². The molecule has 0 unspecified atom stereocenters. The van der Waals surface area contributed by atoms with Gasteiger partial charge < -0.3 is 5.11 Å². The van der Waals surface area contributed by atoms with Gasteiger partial charge in [-0.05, 0) is 18.6 Å². The minimum atomic E-state index is -6.01. The summed E-state index contributed by atoms with van der Waals surface area (Å²) in [6, 6.07) is 7.74. The van der Waals surface area contributed by atoms with E-state index in [1.807, 2.05) is 6.92 Å². The van der Waals surface area contributed by atoms with Gasteiger partial charge in [0.1, 0.15) is 0 Å². The summed E-state index contributed by atoms with van der Waals surface area (Å²) in [4.78, 5) is 15.8. The average molecular weight is 426 g/mol. The van der Waals surface area contributed by atoms with Gasteiger partial charge in [-0.2, -0.15) is 26.3 Å². The van der Waals surface area contributed by atoms with E-state index in [4.69, 9.17) is 0 Å². The van der Waals surface area contributed by atoms with Crippen molar-refractivity contribution in [3.63, 3.8) is 0 Å². The van der Waals surface area contributed by atoms with E-state index in [0.717, 1.165) is 4.90 Å². The average Bonchev–Trinajstić information content (AvgIpc) is 3.10. The third-order valence-corrected chi connectivity index (χ3v) is 5.03. The van der Waals surface area contributed by atoms with Crippen LogP contribution in [0.3, 0.4) is 0 Å². The van der Waals surface area contributed by atoms with Crippen LogP contribution < -0.4 is 4.90 Å². The lowest BCUT2D eigenvalue weighted by atomic mass is 10.0. The number of aromatic nitrogens is 1. The Bertz CT molecular complexity index is 790. The van der Waals surface area contributed by atoms with Gasteiger partial charge in [-0.3, -0.25) is 9.69 Å². The summed E-state index contributed by atoms with van der Waals surface area (Å²) in [6.45, 7) is 1.86. The van der Waals surface area contributed by atoms with Crippen LogP contribution in [-0.2, 0) is 5.60 Å². The molecule has 0 saturated heterocycles. The van der Waals surface area contributed by atoms with Crippen LogP contribution in [0.2, 0.25) is 0 Å². The molecule has 0 spiro atoms. The van der Waals surface area contributed by atoms with Gasteiger partial charge >= 0.3 is 12.4 Å². The normalized spacial score (nSPS) is 12.9. The Morgan fingerprint density at radius 2 is 1.68 bits per heavy atom. The van der Waals surface area contributed by atoms with Crippen molar-refractivity contribution in [2.75, 3.05) is 11.4 Å². The monoisotopic (exact) mass is 426 g/mol. The number of anilines is 1. The molecule has 1 N–H and O–H groups in total. The quantitative estimate of drug-likeness (QED) is 0.669. The predicted octanol–water partition coefficient (Wildman–Crippen LogP) is 4.90. The van der Waals surface area contributed by atoms with Crippen LogP contribution in [0.1, 0.15) is 35.0 Å². The van der Waals surface area contributed by atoms with Crippen LogP contribution in [-0.4, -0.2) is 34.9 Å². The molecule has 11 heteroatoms. The number of unbranched alkanes of at least 4 members (excludes halogenated alkanes) is 1. The maximum absolute atomic E-state index is 13.1. The number of carbonyl (C=O) groups is 1. The highest BCUT2D eigenvalue weighted by molar-refractivity contribution is 7.16. The highest BCUT2D eigenvalue weighted by Gasteiger charge is 2.72. The summed E-state index contributed by atoms with van der Waals surface area (Å²) < 4.78 is 78.3.